The van der Waals surface area contributed by atoms with Crippen LogP contribution in [0.2, 0.25) is 10.0 Å². The van der Waals surface area contributed by atoms with Gasteiger partial charge in [0.05, 0.1) is 17.3 Å². The molecule has 0 radical (unpaired) electrons. The quantitative estimate of drug-likeness (QED) is 0.898. The lowest BCUT2D eigenvalue weighted by Crippen LogP contribution is -1.99. The van der Waals surface area contributed by atoms with Gasteiger partial charge in [0.2, 0.25) is 0 Å². The molecule has 0 atom stereocenters. The van der Waals surface area contributed by atoms with Crippen LogP contribution in [0, 0.1) is 6.92 Å². The summed E-state index contributed by atoms with van der Waals surface area (Å²) in [6.45, 7) is 2.66. The minimum atomic E-state index is 0.626. The van der Waals surface area contributed by atoms with Crippen molar-refractivity contribution in [2.45, 2.75) is 13.5 Å². The van der Waals surface area contributed by atoms with Crippen molar-refractivity contribution in [3.63, 3.8) is 0 Å². The van der Waals surface area contributed by atoms with Crippen LogP contribution in [0.1, 0.15) is 10.7 Å². The van der Waals surface area contributed by atoms with Crippen LogP contribution < -0.4 is 5.32 Å². The summed E-state index contributed by atoms with van der Waals surface area (Å²) in [5, 5.41) is 7.57. The number of hydrogen-bond acceptors (Lipinski definition) is 3. The van der Waals surface area contributed by atoms with Gasteiger partial charge >= 0.3 is 0 Å². The van der Waals surface area contributed by atoms with Gasteiger partial charge in [-0.1, -0.05) is 23.2 Å². The van der Waals surface area contributed by atoms with Crippen molar-refractivity contribution in [1.29, 1.82) is 0 Å². The predicted octanol–water partition coefficient (Wildman–Crippen LogP) is 4.37. The van der Waals surface area contributed by atoms with E-state index in [9.17, 15) is 0 Å². The minimum absolute atomic E-state index is 0.626. The first kappa shape index (κ1) is 11.7. The Labute approximate surface area is 108 Å². The van der Waals surface area contributed by atoms with Crippen molar-refractivity contribution in [1.82, 2.24) is 4.98 Å². The Morgan fingerprint density at radius 2 is 2.19 bits per heavy atom. The smallest absolute Gasteiger partial charge is 0.112 e. The minimum Gasteiger partial charge on any atom is -0.377 e. The molecule has 0 aliphatic heterocycles. The maximum absolute atomic E-state index is 6.04. The number of halogens is 2. The first-order valence-electron chi connectivity index (χ1n) is 4.75. The Morgan fingerprint density at radius 1 is 1.38 bits per heavy atom. The third-order valence-corrected chi connectivity index (χ3v) is 3.54. The fraction of sp³-hybridized carbons (Fsp3) is 0.182. The van der Waals surface area contributed by atoms with Crippen LogP contribution in [0.25, 0.3) is 0 Å². The second kappa shape index (κ2) is 5.04. The highest BCUT2D eigenvalue weighted by Gasteiger charge is 2.02. The van der Waals surface area contributed by atoms with E-state index >= 15 is 0 Å². The first-order valence-corrected chi connectivity index (χ1v) is 6.38. The topological polar surface area (TPSA) is 24.9 Å². The van der Waals surface area contributed by atoms with Crippen LogP contribution in [0.5, 0.6) is 0 Å². The van der Waals surface area contributed by atoms with Gasteiger partial charge in [-0.05, 0) is 25.1 Å². The van der Waals surface area contributed by atoms with E-state index < -0.39 is 0 Å². The summed E-state index contributed by atoms with van der Waals surface area (Å²) >= 11 is 13.5. The second-order valence-corrected chi connectivity index (χ2v) is 5.15. The normalized spacial score (nSPS) is 10.4. The van der Waals surface area contributed by atoms with E-state index in [2.05, 4.69) is 10.3 Å². The molecule has 5 heteroatoms. The van der Waals surface area contributed by atoms with Crippen molar-refractivity contribution in [3.8, 4) is 0 Å². The fourth-order valence-corrected chi connectivity index (χ4v) is 2.47. The number of hydrogen-bond donors (Lipinski definition) is 1. The summed E-state index contributed by atoms with van der Waals surface area (Å²) in [6.07, 6.45) is 0. The summed E-state index contributed by atoms with van der Waals surface area (Å²) in [4.78, 5) is 4.36. The standard InChI is InChI=1S/C11H10Cl2N2S/c1-7-6-16-11(15-7)5-14-10-3-2-8(12)4-9(10)13/h2-4,6,14H,5H2,1H3. The summed E-state index contributed by atoms with van der Waals surface area (Å²) in [5.41, 5.74) is 1.92. The number of benzene rings is 1. The van der Waals surface area contributed by atoms with E-state index in [1.165, 1.54) is 0 Å². The number of rotatable bonds is 3. The molecule has 1 aromatic heterocycles. The average Bonchev–Trinajstić information content (AvgIpc) is 2.63. The van der Waals surface area contributed by atoms with Crippen molar-refractivity contribution in [2.24, 2.45) is 0 Å². The zero-order valence-electron chi connectivity index (χ0n) is 8.63. The number of anilines is 1. The number of thiazole rings is 1. The van der Waals surface area contributed by atoms with E-state index in [1.807, 2.05) is 24.4 Å². The first-order chi connectivity index (χ1) is 7.65. The van der Waals surface area contributed by atoms with E-state index in [-0.39, 0.29) is 0 Å². The van der Waals surface area contributed by atoms with Crippen molar-refractivity contribution in [2.75, 3.05) is 5.32 Å². The van der Waals surface area contributed by atoms with Crippen LogP contribution >= 0.6 is 34.5 Å². The third kappa shape index (κ3) is 2.88. The van der Waals surface area contributed by atoms with E-state index in [1.54, 1.807) is 17.4 Å². The average molecular weight is 273 g/mol. The van der Waals surface area contributed by atoms with Gasteiger partial charge in [-0.25, -0.2) is 4.98 Å². The highest BCUT2D eigenvalue weighted by Crippen LogP contribution is 2.26. The van der Waals surface area contributed by atoms with Gasteiger partial charge in [0.1, 0.15) is 5.01 Å². The SMILES string of the molecule is Cc1csc(CNc2ccc(Cl)cc2Cl)n1. The van der Waals surface area contributed by atoms with E-state index in [4.69, 9.17) is 23.2 Å². The van der Waals surface area contributed by atoms with Gasteiger partial charge < -0.3 is 5.32 Å². The van der Waals surface area contributed by atoms with Gasteiger partial charge in [0.25, 0.3) is 0 Å². The Hall–Kier alpha value is -0.770. The lowest BCUT2D eigenvalue weighted by Gasteiger charge is -2.06. The van der Waals surface area contributed by atoms with Crippen molar-refractivity contribution >= 4 is 40.2 Å². The Bertz CT molecular complexity index is 496. The molecule has 2 nitrogen and oxygen atoms in total. The van der Waals surface area contributed by atoms with Gasteiger partial charge in [0, 0.05) is 16.1 Å². The molecule has 1 aromatic carbocycles. The van der Waals surface area contributed by atoms with Crippen molar-refractivity contribution in [3.05, 3.63) is 44.3 Å². The van der Waals surface area contributed by atoms with Crippen LogP contribution in [0.15, 0.2) is 23.6 Å². The Kier molecular flexibility index (Phi) is 3.69. The molecule has 2 aromatic rings. The summed E-state index contributed by atoms with van der Waals surface area (Å²) in [5.74, 6) is 0. The van der Waals surface area contributed by atoms with Crippen LogP contribution in [-0.4, -0.2) is 4.98 Å². The highest BCUT2D eigenvalue weighted by molar-refractivity contribution is 7.09. The third-order valence-electron chi connectivity index (χ3n) is 2.03. The molecule has 1 heterocycles. The molecule has 0 fully saturated rings. The molecule has 0 spiro atoms. The number of aryl methyl sites for hydroxylation is 1. The number of nitrogens with zero attached hydrogens (tertiary/aromatic N) is 1. The summed E-state index contributed by atoms with van der Waals surface area (Å²) in [6, 6.07) is 5.40. The molecule has 0 aliphatic carbocycles. The Balaban J connectivity index is 2.04. The maximum Gasteiger partial charge on any atom is 0.112 e. The van der Waals surface area contributed by atoms with Gasteiger partial charge in [-0.2, -0.15) is 0 Å². The summed E-state index contributed by atoms with van der Waals surface area (Å²) < 4.78 is 0. The number of aromatic nitrogens is 1. The van der Waals surface area contributed by atoms with Crippen LogP contribution in [0.4, 0.5) is 5.69 Å². The molecular weight excluding hydrogens is 263 g/mol. The molecule has 84 valence electrons. The lowest BCUT2D eigenvalue weighted by atomic mass is 10.3. The van der Waals surface area contributed by atoms with Crippen LogP contribution in [-0.2, 0) is 6.54 Å². The van der Waals surface area contributed by atoms with Crippen molar-refractivity contribution < 1.29 is 0 Å². The zero-order valence-corrected chi connectivity index (χ0v) is 11.0. The predicted molar refractivity (Wildman–Crippen MR) is 70.6 cm³/mol. The molecule has 2 rings (SSSR count). The maximum atomic E-state index is 6.04. The molecule has 0 unspecified atom stereocenters. The molecule has 16 heavy (non-hydrogen) atoms. The van der Waals surface area contributed by atoms with Gasteiger partial charge in [0.15, 0.2) is 0 Å². The molecule has 0 saturated heterocycles. The molecular formula is C11H10Cl2N2S. The van der Waals surface area contributed by atoms with Gasteiger partial charge in [-0.3, -0.25) is 0 Å². The molecule has 0 aliphatic rings. The molecule has 0 bridgehead atoms. The summed E-state index contributed by atoms with van der Waals surface area (Å²) in [7, 11) is 0. The van der Waals surface area contributed by atoms with E-state index in [0.29, 0.717) is 16.6 Å². The second-order valence-electron chi connectivity index (χ2n) is 3.36. The zero-order chi connectivity index (χ0) is 11.5. The number of nitrogens with one attached hydrogen (secondary N) is 1. The van der Waals surface area contributed by atoms with Gasteiger partial charge in [-0.15, -0.1) is 11.3 Å². The monoisotopic (exact) mass is 272 g/mol. The Morgan fingerprint density at radius 3 is 2.81 bits per heavy atom. The molecule has 0 saturated carbocycles. The molecule has 0 amide bonds. The lowest BCUT2D eigenvalue weighted by molar-refractivity contribution is 1.08. The van der Waals surface area contributed by atoms with Crippen LogP contribution in [0.3, 0.4) is 0 Å². The highest BCUT2D eigenvalue weighted by atomic mass is 35.5. The fourth-order valence-electron chi connectivity index (χ4n) is 1.29. The largest absolute Gasteiger partial charge is 0.377 e. The molecule has 1 N–H and O–H groups in total. The van der Waals surface area contributed by atoms with E-state index in [0.717, 1.165) is 16.4 Å².